The minimum atomic E-state index is -1.34. The number of hydrogen-bond acceptors (Lipinski definition) is 5. The van der Waals surface area contributed by atoms with E-state index in [1.165, 1.54) is 24.3 Å². The lowest BCUT2D eigenvalue weighted by Crippen LogP contribution is -2.30. The minimum Gasteiger partial charge on any atom is -0.507 e. The van der Waals surface area contributed by atoms with Gasteiger partial charge in [0.05, 0.1) is 16.8 Å². The number of nitrogens with one attached hydrogen (secondary N) is 1. The molecule has 3 N–H and O–H groups in total. The molecule has 160 valence electrons. The first-order chi connectivity index (χ1) is 15.2. The average molecular weight is 430 g/mol. The first-order valence-corrected chi connectivity index (χ1v) is 9.65. The summed E-state index contributed by atoms with van der Waals surface area (Å²) in [6, 6.07) is 13.2. The number of aromatic carboxylic acids is 1. The van der Waals surface area contributed by atoms with Gasteiger partial charge < -0.3 is 15.5 Å². The summed E-state index contributed by atoms with van der Waals surface area (Å²) in [5, 5.41) is 21.2. The number of nitrogens with zero attached hydrogens (tertiary/aromatic N) is 1. The van der Waals surface area contributed by atoms with Crippen LogP contribution in [0.4, 0.5) is 11.4 Å². The van der Waals surface area contributed by atoms with Gasteiger partial charge in [-0.15, -0.1) is 0 Å². The first kappa shape index (κ1) is 20.8. The van der Waals surface area contributed by atoms with Crippen LogP contribution >= 0.6 is 0 Å². The summed E-state index contributed by atoms with van der Waals surface area (Å²) < 4.78 is 0. The highest BCUT2D eigenvalue weighted by molar-refractivity contribution is 6.35. The fraction of sp³-hybridized carbons (Fsp3) is 0.0833. The number of aryl methyl sites for hydroxylation is 1. The number of fused-ring (bicyclic) bond motifs is 1. The van der Waals surface area contributed by atoms with Crippen LogP contribution in [0, 0.1) is 13.8 Å². The van der Waals surface area contributed by atoms with Gasteiger partial charge in [-0.2, -0.15) is 0 Å². The molecular formula is C24H18N2O6. The predicted molar refractivity (Wildman–Crippen MR) is 117 cm³/mol. The smallest absolute Gasteiger partial charge is 0.339 e. The number of amides is 3. The second kappa shape index (κ2) is 7.66. The fourth-order valence-corrected chi connectivity index (χ4v) is 3.57. The summed E-state index contributed by atoms with van der Waals surface area (Å²) in [7, 11) is 0. The zero-order chi connectivity index (χ0) is 23.2. The third-order valence-corrected chi connectivity index (χ3v) is 5.45. The zero-order valence-corrected chi connectivity index (χ0v) is 17.2. The Morgan fingerprint density at radius 1 is 0.906 bits per heavy atom. The Labute approximate surface area is 182 Å². The van der Waals surface area contributed by atoms with Crippen molar-refractivity contribution in [2.24, 2.45) is 0 Å². The van der Waals surface area contributed by atoms with Crippen molar-refractivity contribution in [3.05, 3.63) is 88.0 Å². The van der Waals surface area contributed by atoms with Crippen LogP contribution in [0.2, 0.25) is 0 Å². The number of carboxylic acid groups (broad SMARTS) is 1. The van der Waals surface area contributed by atoms with Crippen molar-refractivity contribution in [1.29, 1.82) is 0 Å². The van der Waals surface area contributed by atoms with Gasteiger partial charge in [0.15, 0.2) is 0 Å². The molecule has 1 heterocycles. The molecule has 0 saturated carbocycles. The molecule has 32 heavy (non-hydrogen) atoms. The predicted octanol–water partition coefficient (Wildman–Crippen LogP) is 3.76. The van der Waals surface area contributed by atoms with Crippen LogP contribution in [-0.2, 0) is 0 Å². The SMILES string of the molecule is Cc1cccc(N2C(=O)c3ccc(C(=O)Nc4ccc(O)c(C(=O)O)c4)cc3C2=O)c1C. The molecular weight excluding hydrogens is 412 g/mol. The van der Waals surface area contributed by atoms with Crippen molar-refractivity contribution < 1.29 is 29.4 Å². The maximum atomic E-state index is 13.0. The number of imide groups is 1. The van der Waals surface area contributed by atoms with Gasteiger partial charge in [-0.25, -0.2) is 9.69 Å². The lowest BCUT2D eigenvalue weighted by Gasteiger charge is -2.17. The van der Waals surface area contributed by atoms with Gasteiger partial charge in [-0.3, -0.25) is 14.4 Å². The molecule has 0 spiro atoms. The maximum Gasteiger partial charge on any atom is 0.339 e. The van der Waals surface area contributed by atoms with Crippen LogP contribution in [0.5, 0.6) is 5.75 Å². The number of aromatic hydroxyl groups is 1. The molecule has 0 atom stereocenters. The van der Waals surface area contributed by atoms with E-state index in [1.54, 1.807) is 12.1 Å². The fourth-order valence-electron chi connectivity index (χ4n) is 3.57. The normalized spacial score (nSPS) is 12.6. The van der Waals surface area contributed by atoms with Crippen molar-refractivity contribution in [2.45, 2.75) is 13.8 Å². The van der Waals surface area contributed by atoms with E-state index in [4.69, 9.17) is 5.11 Å². The Hall–Kier alpha value is -4.46. The Kier molecular flexibility index (Phi) is 4.98. The second-order valence-electron chi connectivity index (χ2n) is 7.42. The molecule has 0 aliphatic carbocycles. The number of anilines is 2. The van der Waals surface area contributed by atoms with E-state index < -0.39 is 29.4 Å². The van der Waals surface area contributed by atoms with Crippen LogP contribution < -0.4 is 10.2 Å². The largest absolute Gasteiger partial charge is 0.507 e. The number of rotatable bonds is 4. The molecule has 1 aliphatic rings. The van der Waals surface area contributed by atoms with Gasteiger partial charge in [0.1, 0.15) is 11.3 Å². The monoisotopic (exact) mass is 430 g/mol. The molecule has 0 saturated heterocycles. The lowest BCUT2D eigenvalue weighted by molar-refractivity contribution is 0.0692. The van der Waals surface area contributed by atoms with E-state index in [9.17, 15) is 24.3 Å². The molecule has 0 bridgehead atoms. The second-order valence-corrected chi connectivity index (χ2v) is 7.42. The van der Waals surface area contributed by atoms with Crippen LogP contribution in [-0.4, -0.2) is 33.9 Å². The number of carbonyl (C=O) groups is 4. The van der Waals surface area contributed by atoms with Crippen molar-refractivity contribution in [3.8, 4) is 5.75 Å². The summed E-state index contributed by atoms with van der Waals surface area (Å²) >= 11 is 0. The van der Waals surface area contributed by atoms with E-state index >= 15 is 0 Å². The molecule has 8 nitrogen and oxygen atoms in total. The molecule has 1 aliphatic heterocycles. The van der Waals surface area contributed by atoms with E-state index in [-0.39, 0.29) is 27.9 Å². The van der Waals surface area contributed by atoms with Crippen molar-refractivity contribution in [3.63, 3.8) is 0 Å². The number of carbonyl (C=O) groups excluding carboxylic acids is 3. The van der Waals surface area contributed by atoms with Crippen LogP contribution in [0.25, 0.3) is 0 Å². The van der Waals surface area contributed by atoms with E-state index in [0.717, 1.165) is 28.2 Å². The average Bonchev–Trinajstić information content (AvgIpc) is 3.01. The van der Waals surface area contributed by atoms with Crippen molar-refractivity contribution >= 4 is 35.1 Å². The number of hydrogen-bond donors (Lipinski definition) is 3. The minimum absolute atomic E-state index is 0.112. The van der Waals surface area contributed by atoms with Crippen LogP contribution in [0.1, 0.15) is 52.6 Å². The van der Waals surface area contributed by atoms with Crippen LogP contribution in [0.15, 0.2) is 54.6 Å². The summed E-state index contributed by atoms with van der Waals surface area (Å²) in [6.07, 6.45) is 0. The van der Waals surface area contributed by atoms with Gasteiger partial charge in [-0.1, -0.05) is 12.1 Å². The highest BCUT2D eigenvalue weighted by Crippen LogP contribution is 2.32. The maximum absolute atomic E-state index is 13.0. The number of carboxylic acids is 1. The van der Waals surface area contributed by atoms with E-state index in [0.29, 0.717) is 5.69 Å². The number of benzene rings is 3. The number of phenols is 1. The molecule has 0 fully saturated rings. The molecule has 3 amide bonds. The summed E-state index contributed by atoms with van der Waals surface area (Å²) in [5.74, 6) is -3.35. The van der Waals surface area contributed by atoms with Crippen LogP contribution in [0.3, 0.4) is 0 Å². The Morgan fingerprint density at radius 3 is 2.34 bits per heavy atom. The molecule has 0 unspecified atom stereocenters. The quantitative estimate of drug-likeness (QED) is 0.428. The van der Waals surface area contributed by atoms with Crippen molar-refractivity contribution in [2.75, 3.05) is 10.2 Å². The van der Waals surface area contributed by atoms with E-state index in [2.05, 4.69) is 5.32 Å². The summed E-state index contributed by atoms with van der Waals surface area (Å²) in [6.45, 7) is 3.72. The Morgan fingerprint density at radius 2 is 1.62 bits per heavy atom. The van der Waals surface area contributed by atoms with E-state index in [1.807, 2.05) is 19.9 Å². The Balaban J connectivity index is 1.64. The third kappa shape index (κ3) is 3.37. The van der Waals surface area contributed by atoms with Gasteiger partial charge in [0.2, 0.25) is 0 Å². The Bertz CT molecular complexity index is 1330. The summed E-state index contributed by atoms with van der Waals surface area (Å²) in [5.41, 5.74) is 2.47. The third-order valence-electron chi connectivity index (χ3n) is 5.45. The standard InChI is InChI=1S/C24H18N2O6/c1-12-4-3-5-19(13(12)2)26-22(29)16-8-6-14(10-17(16)23(26)30)21(28)25-15-7-9-20(27)18(11-15)24(31)32/h3-11,27H,1-2H3,(H,25,28)(H,31,32). The van der Waals surface area contributed by atoms with Crippen molar-refractivity contribution in [1.82, 2.24) is 0 Å². The topological polar surface area (TPSA) is 124 Å². The summed E-state index contributed by atoms with van der Waals surface area (Å²) in [4.78, 5) is 50.9. The van der Waals surface area contributed by atoms with Gasteiger partial charge in [0.25, 0.3) is 17.7 Å². The molecule has 8 heteroatoms. The lowest BCUT2D eigenvalue weighted by atomic mass is 10.1. The molecule has 0 radical (unpaired) electrons. The molecule has 3 aromatic carbocycles. The molecule has 0 aromatic heterocycles. The highest BCUT2D eigenvalue weighted by atomic mass is 16.4. The van der Waals surface area contributed by atoms with Gasteiger partial charge in [-0.05, 0) is 67.4 Å². The van der Waals surface area contributed by atoms with Gasteiger partial charge in [0, 0.05) is 11.3 Å². The molecule has 3 aromatic rings. The first-order valence-electron chi connectivity index (χ1n) is 9.65. The zero-order valence-electron chi connectivity index (χ0n) is 17.2. The van der Waals surface area contributed by atoms with Gasteiger partial charge >= 0.3 is 5.97 Å². The highest BCUT2D eigenvalue weighted by Gasteiger charge is 2.38. The molecule has 4 rings (SSSR count).